The maximum absolute atomic E-state index is 11.6. The third kappa shape index (κ3) is 4.18. The lowest BCUT2D eigenvalue weighted by Gasteiger charge is -2.22. The van der Waals surface area contributed by atoms with Crippen molar-refractivity contribution in [2.75, 3.05) is 6.61 Å². The molecule has 2 unspecified atom stereocenters. The minimum absolute atomic E-state index is 0.0756. The first-order chi connectivity index (χ1) is 7.33. The predicted molar refractivity (Wildman–Crippen MR) is 58.2 cm³/mol. The van der Waals surface area contributed by atoms with Crippen LogP contribution in [0.1, 0.15) is 34.1 Å². The fraction of sp³-hybridized carbons (Fsp3) is 0.818. The van der Waals surface area contributed by atoms with Crippen molar-refractivity contribution >= 4 is 11.9 Å². The molecule has 0 bridgehead atoms. The molecule has 1 aliphatic heterocycles. The summed E-state index contributed by atoms with van der Waals surface area (Å²) >= 11 is 0. The number of alkyl carbamates (subject to hydrolysis) is 1. The van der Waals surface area contributed by atoms with E-state index in [0.717, 1.165) is 0 Å². The Morgan fingerprint density at radius 2 is 2.06 bits per heavy atom. The van der Waals surface area contributed by atoms with Gasteiger partial charge in [0, 0.05) is 0 Å². The third-order valence-corrected chi connectivity index (χ3v) is 2.09. The van der Waals surface area contributed by atoms with Crippen molar-refractivity contribution in [1.82, 2.24) is 5.32 Å². The molecule has 2 atom stereocenters. The Morgan fingerprint density at radius 1 is 1.50 bits per heavy atom. The molecule has 92 valence electrons. The van der Waals surface area contributed by atoms with Gasteiger partial charge in [-0.1, -0.05) is 6.92 Å². The molecule has 16 heavy (non-hydrogen) atoms. The Labute approximate surface area is 95.5 Å². The first kappa shape index (κ1) is 13.0. The summed E-state index contributed by atoms with van der Waals surface area (Å²) in [7, 11) is 0. The van der Waals surface area contributed by atoms with E-state index in [9.17, 15) is 9.59 Å². The molecule has 0 radical (unpaired) electrons. The fourth-order valence-electron chi connectivity index (χ4n) is 1.26. The Bertz CT molecular complexity index is 278. The van der Waals surface area contributed by atoms with Crippen molar-refractivity contribution < 1.29 is 19.1 Å². The molecule has 5 nitrogen and oxygen atoms in total. The smallest absolute Gasteiger partial charge is 0.408 e. The van der Waals surface area contributed by atoms with Crippen LogP contribution >= 0.6 is 0 Å². The number of rotatable bonds is 4. The molecule has 1 N–H and O–H groups in total. The lowest BCUT2D eigenvalue weighted by Crippen LogP contribution is -2.44. The van der Waals surface area contributed by atoms with Gasteiger partial charge < -0.3 is 14.8 Å². The van der Waals surface area contributed by atoms with Gasteiger partial charge in [-0.25, -0.2) is 4.79 Å². The molecule has 0 aromatic heterocycles. The average Bonchev–Trinajstić information content (AvgIpc) is 2.93. The van der Waals surface area contributed by atoms with Crippen LogP contribution < -0.4 is 5.32 Å². The summed E-state index contributed by atoms with van der Waals surface area (Å²) < 4.78 is 9.97. The summed E-state index contributed by atoms with van der Waals surface area (Å²) in [5, 5.41) is 2.55. The monoisotopic (exact) mass is 229 g/mol. The van der Waals surface area contributed by atoms with Gasteiger partial charge in [0.1, 0.15) is 11.7 Å². The van der Waals surface area contributed by atoms with E-state index < -0.39 is 17.7 Å². The number of ether oxygens (including phenoxy) is 2. The molecule has 0 aromatic rings. The second kappa shape index (κ2) is 4.82. The highest BCUT2D eigenvalue weighted by molar-refractivity contribution is 5.92. The lowest BCUT2D eigenvalue weighted by atomic mass is 10.1. The molecule has 1 saturated heterocycles. The van der Waals surface area contributed by atoms with E-state index in [2.05, 4.69) is 5.32 Å². The van der Waals surface area contributed by atoms with E-state index in [1.807, 2.05) is 6.92 Å². The summed E-state index contributed by atoms with van der Waals surface area (Å²) in [5.74, 6) is -0.0756. The summed E-state index contributed by atoms with van der Waals surface area (Å²) in [5.41, 5.74) is -0.554. The van der Waals surface area contributed by atoms with E-state index in [1.54, 1.807) is 20.8 Å². The Hall–Kier alpha value is -1.10. The topological polar surface area (TPSA) is 67.9 Å². The minimum atomic E-state index is -0.562. The molecular formula is C11H19NO4. The van der Waals surface area contributed by atoms with Crippen LogP contribution in [0.4, 0.5) is 4.79 Å². The van der Waals surface area contributed by atoms with Crippen molar-refractivity contribution in [2.45, 2.75) is 51.9 Å². The predicted octanol–water partition coefficient (Wildman–Crippen LogP) is 1.26. The summed E-state index contributed by atoms with van der Waals surface area (Å²) in [4.78, 5) is 23.1. The van der Waals surface area contributed by atoms with Crippen molar-refractivity contribution in [1.29, 1.82) is 0 Å². The molecular weight excluding hydrogens is 210 g/mol. The molecule has 1 aliphatic rings. The maximum Gasteiger partial charge on any atom is 0.408 e. The van der Waals surface area contributed by atoms with Crippen LogP contribution in [0.15, 0.2) is 0 Å². The van der Waals surface area contributed by atoms with Crippen molar-refractivity contribution in [3.8, 4) is 0 Å². The molecule has 0 spiro atoms. The second-order valence-corrected chi connectivity index (χ2v) is 4.83. The highest BCUT2D eigenvalue weighted by Gasteiger charge is 2.36. The van der Waals surface area contributed by atoms with Crippen LogP contribution in [0.25, 0.3) is 0 Å². The summed E-state index contributed by atoms with van der Waals surface area (Å²) in [6.45, 7) is 7.63. The number of hydrogen-bond acceptors (Lipinski definition) is 4. The molecule has 0 aliphatic carbocycles. The zero-order valence-electron chi connectivity index (χ0n) is 10.2. The number of carbonyl (C=O) groups excluding carboxylic acids is 2. The van der Waals surface area contributed by atoms with Gasteiger partial charge in [-0.3, -0.25) is 4.79 Å². The second-order valence-electron chi connectivity index (χ2n) is 4.83. The zero-order chi connectivity index (χ0) is 12.3. The minimum Gasteiger partial charge on any atom is -0.444 e. The molecule has 1 heterocycles. The molecule has 1 fully saturated rings. The van der Waals surface area contributed by atoms with E-state index in [-0.39, 0.29) is 11.9 Å². The largest absolute Gasteiger partial charge is 0.444 e. The quantitative estimate of drug-likeness (QED) is 0.737. The van der Waals surface area contributed by atoms with Crippen LogP contribution in [0.3, 0.4) is 0 Å². The van der Waals surface area contributed by atoms with Crippen LogP contribution in [0.2, 0.25) is 0 Å². The van der Waals surface area contributed by atoms with Crippen molar-refractivity contribution in [3.63, 3.8) is 0 Å². The summed E-state index contributed by atoms with van der Waals surface area (Å²) in [6.07, 6.45) is -0.356. The number of amides is 1. The summed E-state index contributed by atoms with van der Waals surface area (Å²) in [6, 6.07) is -0.512. The van der Waals surface area contributed by atoms with Crippen LogP contribution in [-0.4, -0.2) is 36.2 Å². The first-order valence-electron chi connectivity index (χ1n) is 5.48. The van der Waals surface area contributed by atoms with Gasteiger partial charge in [0.15, 0.2) is 5.78 Å². The highest BCUT2D eigenvalue weighted by Crippen LogP contribution is 2.14. The van der Waals surface area contributed by atoms with Crippen LogP contribution in [0.5, 0.6) is 0 Å². The average molecular weight is 229 g/mol. The van der Waals surface area contributed by atoms with Gasteiger partial charge in [0.2, 0.25) is 0 Å². The number of nitrogens with one attached hydrogen (secondary N) is 1. The standard InChI is InChI=1S/C11H19NO4/c1-5-7(9(13)8-6-15-8)12-10(14)16-11(2,3)4/h7-8H,5-6H2,1-4H3,(H,12,14). The van der Waals surface area contributed by atoms with Crippen molar-refractivity contribution in [3.05, 3.63) is 0 Å². The van der Waals surface area contributed by atoms with Gasteiger partial charge in [0.05, 0.1) is 12.6 Å². The number of carbonyl (C=O) groups is 2. The van der Waals surface area contributed by atoms with E-state index >= 15 is 0 Å². The van der Waals surface area contributed by atoms with E-state index in [4.69, 9.17) is 9.47 Å². The highest BCUT2D eigenvalue weighted by atomic mass is 16.6. The van der Waals surface area contributed by atoms with Gasteiger partial charge in [-0.2, -0.15) is 0 Å². The van der Waals surface area contributed by atoms with Crippen molar-refractivity contribution in [2.24, 2.45) is 0 Å². The molecule has 5 heteroatoms. The van der Waals surface area contributed by atoms with Crippen LogP contribution in [-0.2, 0) is 14.3 Å². The molecule has 1 amide bonds. The number of epoxide rings is 1. The van der Waals surface area contributed by atoms with E-state index in [0.29, 0.717) is 13.0 Å². The van der Waals surface area contributed by atoms with Gasteiger partial charge in [-0.15, -0.1) is 0 Å². The van der Waals surface area contributed by atoms with Crippen LogP contribution in [0, 0.1) is 0 Å². The van der Waals surface area contributed by atoms with Gasteiger partial charge in [0.25, 0.3) is 0 Å². The molecule has 0 saturated carbocycles. The number of hydrogen-bond donors (Lipinski definition) is 1. The number of Topliss-reactive ketones (excluding diaryl/α,β-unsaturated/α-hetero) is 1. The van der Waals surface area contributed by atoms with E-state index in [1.165, 1.54) is 0 Å². The van der Waals surface area contributed by atoms with Gasteiger partial charge in [-0.05, 0) is 27.2 Å². The Balaban J connectivity index is 2.43. The first-order valence-corrected chi connectivity index (χ1v) is 5.48. The zero-order valence-corrected chi connectivity index (χ0v) is 10.2. The fourth-order valence-corrected chi connectivity index (χ4v) is 1.26. The normalized spacial score (nSPS) is 21.1. The Morgan fingerprint density at radius 3 is 2.44 bits per heavy atom. The third-order valence-electron chi connectivity index (χ3n) is 2.09. The SMILES string of the molecule is CCC(NC(=O)OC(C)(C)C)C(=O)C1CO1. The van der Waals surface area contributed by atoms with Gasteiger partial charge >= 0.3 is 6.09 Å². The lowest BCUT2D eigenvalue weighted by molar-refractivity contribution is -0.122. The molecule has 0 aromatic carbocycles. The maximum atomic E-state index is 11.6. The molecule has 1 rings (SSSR count). The number of ketones is 1. The Kier molecular flexibility index (Phi) is 3.91.